The fourth-order valence-corrected chi connectivity index (χ4v) is 4.62. The van der Waals surface area contributed by atoms with Gasteiger partial charge in [-0.25, -0.2) is 9.59 Å². The number of piperazine rings is 1. The van der Waals surface area contributed by atoms with E-state index in [0.717, 1.165) is 23.9 Å². The standard InChI is InChI=1S/C22H32N4O4/c1-22(2,3)30-21(29)26-10-8-25(9-11-26)19(27)15-12-14(13-15)16-6-5-7-17-18(16)24(4)20(28)23-17/h5-7,14-15,19,27H,8-13H2,1-4H3,(H,23,28). The van der Waals surface area contributed by atoms with Crippen molar-refractivity contribution in [3.63, 3.8) is 0 Å². The first-order chi connectivity index (χ1) is 14.1. The Balaban J connectivity index is 1.33. The highest BCUT2D eigenvalue weighted by molar-refractivity contribution is 5.79. The number of ether oxygens (including phenoxy) is 1. The van der Waals surface area contributed by atoms with Gasteiger partial charge in [-0.1, -0.05) is 12.1 Å². The number of benzene rings is 1. The Labute approximate surface area is 176 Å². The number of amides is 1. The van der Waals surface area contributed by atoms with Crippen LogP contribution < -0.4 is 5.69 Å². The molecular weight excluding hydrogens is 384 g/mol. The van der Waals surface area contributed by atoms with E-state index in [1.807, 2.05) is 32.9 Å². The Hall–Kier alpha value is -2.32. The van der Waals surface area contributed by atoms with Gasteiger partial charge in [0.15, 0.2) is 0 Å². The van der Waals surface area contributed by atoms with E-state index in [0.29, 0.717) is 32.1 Å². The molecule has 0 radical (unpaired) electrons. The van der Waals surface area contributed by atoms with Gasteiger partial charge in [0.1, 0.15) is 11.8 Å². The molecule has 2 aliphatic rings. The molecule has 1 amide bonds. The van der Waals surface area contributed by atoms with Crippen molar-refractivity contribution in [2.75, 3.05) is 26.2 Å². The topological polar surface area (TPSA) is 90.8 Å². The lowest BCUT2D eigenvalue weighted by Gasteiger charge is -2.45. The Morgan fingerprint density at radius 2 is 1.87 bits per heavy atom. The van der Waals surface area contributed by atoms with Gasteiger partial charge < -0.3 is 19.7 Å². The normalized spacial score (nSPS) is 24.0. The van der Waals surface area contributed by atoms with Crippen LogP contribution in [-0.2, 0) is 11.8 Å². The first-order valence-corrected chi connectivity index (χ1v) is 10.7. The molecule has 1 aliphatic carbocycles. The number of imidazole rings is 1. The number of aliphatic hydroxyl groups is 1. The van der Waals surface area contributed by atoms with Gasteiger partial charge in [-0.15, -0.1) is 0 Å². The Morgan fingerprint density at radius 3 is 2.50 bits per heavy atom. The number of aryl methyl sites for hydroxylation is 1. The number of nitrogens with zero attached hydrogens (tertiary/aromatic N) is 3. The summed E-state index contributed by atoms with van der Waals surface area (Å²) in [5.74, 6) is 0.548. The Morgan fingerprint density at radius 1 is 1.20 bits per heavy atom. The minimum absolute atomic E-state index is 0.101. The maximum Gasteiger partial charge on any atom is 0.410 e. The van der Waals surface area contributed by atoms with E-state index in [9.17, 15) is 14.7 Å². The van der Waals surface area contributed by atoms with Crippen molar-refractivity contribution in [1.82, 2.24) is 19.4 Å². The summed E-state index contributed by atoms with van der Waals surface area (Å²) in [6, 6.07) is 5.99. The van der Waals surface area contributed by atoms with Gasteiger partial charge in [-0.3, -0.25) is 9.47 Å². The van der Waals surface area contributed by atoms with Gasteiger partial charge in [0.2, 0.25) is 0 Å². The molecule has 2 heterocycles. The molecule has 0 bridgehead atoms. The number of aromatic nitrogens is 2. The molecule has 2 aromatic rings. The summed E-state index contributed by atoms with van der Waals surface area (Å²) < 4.78 is 7.11. The van der Waals surface area contributed by atoms with E-state index >= 15 is 0 Å². The number of aliphatic hydroxyl groups excluding tert-OH is 1. The average molecular weight is 417 g/mol. The van der Waals surface area contributed by atoms with E-state index in [-0.39, 0.29) is 17.7 Å². The van der Waals surface area contributed by atoms with Crippen LogP contribution in [0, 0.1) is 5.92 Å². The van der Waals surface area contributed by atoms with Crippen molar-refractivity contribution in [2.24, 2.45) is 13.0 Å². The van der Waals surface area contributed by atoms with Crippen LogP contribution in [0.1, 0.15) is 45.1 Å². The molecule has 4 rings (SSSR count). The first-order valence-electron chi connectivity index (χ1n) is 10.7. The summed E-state index contributed by atoms with van der Waals surface area (Å²) in [5.41, 5.74) is 2.40. The number of fused-ring (bicyclic) bond motifs is 1. The number of carbonyl (C=O) groups excluding carboxylic acids is 1. The van der Waals surface area contributed by atoms with Crippen LogP contribution in [0.4, 0.5) is 4.79 Å². The zero-order valence-corrected chi connectivity index (χ0v) is 18.2. The Kier molecular flexibility index (Phi) is 5.40. The fourth-order valence-electron chi connectivity index (χ4n) is 4.62. The van der Waals surface area contributed by atoms with Crippen LogP contribution in [-0.4, -0.2) is 68.6 Å². The maximum atomic E-state index is 12.2. The second-order valence-electron chi connectivity index (χ2n) is 9.58. The molecule has 8 nitrogen and oxygen atoms in total. The van der Waals surface area contributed by atoms with E-state index in [1.165, 1.54) is 5.56 Å². The predicted molar refractivity (Wildman–Crippen MR) is 114 cm³/mol. The number of carbonyl (C=O) groups is 1. The molecular formula is C22H32N4O4. The summed E-state index contributed by atoms with van der Waals surface area (Å²) >= 11 is 0. The van der Waals surface area contributed by atoms with Gasteiger partial charge >= 0.3 is 11.8 Å². The SMILES string of the molecule is Cn1c(=O)[nH]c2cccc(C3CC(C(O)N4CCN(C(=O)OC(C)(C)C)CC4)C3)c21. The van der Waals surface area contributed by atoms with Gasteiger partial charge in [-0.05, 0) is 57.1 Å². The molecule has 0 spiro atoms. The van der Waals surface area contributed by atoms with Crippen molar-refractivity contribution < 1.29 is 14.6 Å². The lowest BCUT2D eigenvalue weighted by atomic mass is 9.70. The molecule has 2 N–H and O–H groups in total. The second-order valence-corrected chi connectivity index (χ2v) is 9.58. The number of rotatable bonds is 3. The highest BCUT2D eigenvalue weighted by Gasteiger charge is 2.40. The predicted octanol–water partition coefficient (Wildman–Crippen LogP) is 2.23. The molecule has 1 aromatic heterocycles. The largest absolute Gasteiger partial charge is 0.444 e. The fraction of sp³-hybridized carbons (Fsp3) is 0.636. The summed E-state index contributed by atoms with van der Waals surface area (Å²) in [5, 5.41) is 10.9. The number of para-hydroxylation sites is 1. The van der Waals surface area contributed by atoms with E-state index in [1.54, 1.807) is 16.5 Å². The lowest BCUT2D eigenvalue weighted by Crippen LogP contribution is -2.55. The van der Waals surface area contributed by atoms with Crippen LogP contribution in [0.5, 0.6) is 0 Å². The van der Waals surface area contributed by atoms with Crippen molar-refractivity contribution in [2.45, 2.75) is 51.4 Å². The maximum absolute atomic E-state index is 12.2. The van der Waals surface area contributed by atoms with Crippen LogP contribution >= 0.6 is 0 Å². The lowest BCUT2D eigenvalue weighted by molar-refractivity contribution is -0.0866. The van der Waals surface area contributed by atoms with E-state index in [2.05, 4.69) is 16.0 Å². The number of hydrogen-bond acceptors (Lipinski definition) is 5. The van der Waals surface area contributed by atoms with Crippen LogP contribution in [0.3, 0.4) is 0 Å². The summed E-state index contributed by atoms with van der Waals surface area (Å²) in [6.07, 6.45) is 1.000. The molecule has 30 heavy (non-hydrogen) atoms. The van der Waals surface area contributed by atoms with Crippen LogP contribution in [0.2, 0.25) is 0 Å². The molecule has 2 fully saturated rings. The Bertz CT molecular complexity index is 975. The third-order valence-electron chi connectivity index (χ3n) is 6.32. The molecule has 8 heteroatoms. The van der Waals surface area contributed by atoms with Gasteiger partial charge in [0.25, 0.3) is 0 Å². The minimum atomic E-state index is -0.503. The van der Waals surface area contributed by atoms with Gasteiger partial charge in [0, 0.05) is 33.2 Å². The van der Waals surface area contributed by atoms with Gasteiger partial charge in [0.05, 0.1) is 11.0 Å². The monoisotopic (exact) mass is 416 g/mol. The van der Waals surface area contributed by atoms with Crippen molar-refractivity contribution in [3.05, 3.63) is 34.2 Å². The average Bonchev–Trinajstić information content (AvgIpc) is 2.94. The molecule has 1 saturated heterocycles. The number of H-pyrrole nitrogens is 1. The number of aromatic amines is 1. The van der Waals surface area contributed by atoms with Crippen LogP contribution in [0.25, 0.3) is 11.0 Å². The van der Waals surface area contributed by atoms with Crippen molar-refractivity contribution in [1.29, 1.82) is 0 Å². The molecule has 1 unspecified atom stereocenters. The second kappa shape index (κ2) is 7.74. The molecule has 1 saturated carbocycles. The highest BCUT2D eigenvalue weighted by atomic mass is 16.6. The molecule has 1 atom stereocenters. The number of hydrogen-bond donors (Lipinski definition) is 2. The van der Waals surface area contributed by atoms with E-state index in [4.69, 9.17) is 4.74 Å². The third kappa shape index (κ3) is 3.98. The third-order valence-corrected chi connectivity index (χ3v) is 6.32. The number of nitrogens with one attached hydrogen (secondary N) is 1. The molecule has 164 valence electrons. The van der Waals surface area contributed by atoms with Gasteiger partial charge in [-0.2, -0.15) is 0 Å². The molecule has 1 aliphatic heterocycles. The summed E-state index contributed by atoms with van der Waals surface area (Å²) in [6.45, 7) is 8.00. The smallest absolute Gasteiger partial charge is 0.410 e. The molecule has 1 aromatic carbocycles. The minimum Gasteiger partial charge on any atom is -0.444 e. The van der Waals surface area contributed by atoms with Crippen molar-refractivity contribution in [3.8, 4) is 0 Å². The van der Waals surface area contributed by atoms with Crippen LogP contribution in [0.15, 0.2) is 23.0 Å². The zero-order chi connectivity index (χ0) is 21.6. The quantitative estimate of drug-likeness (QED) is 0.801. The first kappa shape index (κ1) is 20.9. The summed E-state index contributed by atoms with van der Waals surface area (Å²) in [4.78, 5) is 30.9. The zero-order valence-electron chi connectivity index (χ0n) is 18.2. The summed E-state index contributed by atoms with van der Waals surface area (Å²) in [7, 11) is 1.79. The van der Waals surface area contributed by atoms with E-state index < -0.39 is 11.8 Å². The van der Waals surface area contributed by atoms with Crippen molar-refractivity contribution >= 4 is 17.1 Å². The highest BCUT2D eigenvalue weighted by Crippen LogP contribution is 2.45.